The number of aromatic nitrogens is 3. The minimum atomic E-state index is 0.675. The molecular weight excluding hydrogens is 243 g/mol. The molecule has 1 aromatic rings. The van der Waals surface area contributed by atoms with Gasteiger partial charge in [0.05, 0.1) is 5.69 Å². The first kappa shape index (κ1) is 7.64. The van der Waals surface area contributed by atoms with Gasteiger partial charge in [0.2, 0.25) is 3.83 Å². The first-order chi connectivity index (χ1) is 4.74. The molecule has 0 amide bonds. The standard InChI is InChI=1S/C5H7IN4/c1-3-4(7-2)9-10-5(6)8-3/h1-2H3,(H,7,9). The van der Waals surface area contributed by atoms with Crippen LogP contribution in [-0.2, 0) is 0 Å². The summed E-state index contributed by atoms with van der Waals surface area (Å²) < 4.78 is 0.675. The molecule has 0 aromatic carbocycles. The summed E-state index contributed by atoms with van der Waals surface area (Å²) in [7, 11) is 1.80. The van der Waals surface area contributed by atoms with E-state index in [0.29, 0.717) is 3.83 Å². The first-order valence-corrected chi connectivity index (χ1v) is 3.86. The van der Waals surface area contributed by atoms with Crippen molar-refractivity contribution in [3.63, 3.8) is 0 Å². The van der Waals surface area contributed by atoms with E-state index in [2.05, 4.69) is 20.5 Å². The minimum Gasteiger partial charge on any atom is -0.370 e. The fraction of sp³-hybridized carbons (Fsp3) is 0.400. The van der Waals surface area contributed by atoms with Gasteiger partial charge in [-0.05, 0) is 6.92 Å². The second kappa shape index (κ2) is 3.09. The topological polar surface area (TPSA) is 50.7 Å². The molecule has 0 atom stereocenters. The van der Waals surface area contributed by atoms with Gasteiger partial charge in [0, 0.05) is 29.6 Å². The van der Waals surface area contributed by atoms with E-state index in [-0.39, 0.29) is 0 Å². The van der Waals surface area contributed by atoms with E-state index < -0.39 is 0 Å². The Hall–Kier alpha value is -0.460. The average Bonchev–Trinajstić information content (AvgIpc) is 1.88. The Morgan fingerprint density at radius 2 is 2.10 bits per heavy atom. The number of anilines is 1. The number of hydrogen-bond acceptors (Lipinski definition) is 4. The third-order valence-corrected chi connectivity index (χ3v) is 1.53. The van der Waals surface area contributed by atoms with E-state index in [1.165, 1.54) is 0 Å². The summed E-state index contributed by atoms with van der Waals surface area (Å²) in [6.45, 7) is 1.89. The maximum Gasteiger partial charge on any atom is 0.212 e. The number of rotatable bonds is 1. The molecule has 54 valence electrons. The molecule has 1 N–H and O–H groups in total. The second-order valence-corrected chi connectivity index (χ2v) is 2.73. The van der Waals surface area contributed by atoms with Crippen LogP contribution in [0.4, 0.5) is 5.82 Å². The van der Waals surface area contributed by atoms with Gasteiger partial charge in [-0.3, -0.25) is 0 Å². The predicted octanol–water partition coefficient (Wildman–Crippen LogP) is 0.826. The Kier molecular flexibility index (Phi) is 2.36. The third-order valence-electron chi connectivity index (χ3n) is 1.07. The van der Waals surface area contributed by atoms with E-state index in [9.17, 15) is 0 Å². The molecule has 0 aliphatic heterocycles. The SMILES string of the molecule is CNc1nnc(I)nc1C. The second-order valence-electron chi connectivity index (χ2n) is 1.76. The lowest BCUT2D eigenvalue weighted by Gasteiger charge is -1.99. The van der Waals surface area contributed by atoms with Crippen LogP contribution in [0, 0.1) is 10.8 Å². The summed E-state index contributed by atoms with van der Waals surface area (Å²) in [6, 6.07) is 0. The van der Waals surface area contributed by atoms with Crippen LogP contribution in [0.25, 0.3) is 0 Å². The van der Waals surface area contributed by atoms with Crippen molar-refractivity contribution in [2.75, 3.05) is 12.4 Å². The quantitative estimate of drug-likeness (QED) is 0.750. The summed E-state index contributed by atoms with van der Waals surface area (Å²) >= 11 is 2.03. The highest BCUT2D eigenvalue weighted by Gasteiger charge is 1.98. The molecule has 10 heavy (non-hydrogen) atoms. The average molecular weight is 250 g/mol. The van der Waals surface area contributed by atoms with Crippen molar-refractivity contribution in [1.29, 1.82) is 0 Å². The number of nitrogens with one attached hydrogen (secondary N) is 1. The molecule has 0 bridgehead atoms. The van der Waals surface area contributed by atoms with Crippen LogP contribution in [0.2, 0.25) is 0 Å². The highest BCUT2D eigenvalue weighted by molar-refractivity contribution is 14.1. The molecule has 0 saturated heterocycles. The molecule has 1 rings (SSSR count). The number of nitrogens with zero attached hydrogens (tertiary/aromatic N) is 3. The van der Waals surface area contributed by atoms with Crippen LogP contribution < -0.4 is 5.32 Å². The van der Waals surface area contributed by atoms with Crippen molar-refractivity contribution in [1.82, 2.24) is 15.2 Å². The lowest BCUT2D eigenvalue weighted by atomic mass is 10.5. The summed E-state index contributed by atoms with van der Waals surface area (Å²) in [4.78, 5) is 4.09. The summed E-state index contributed by atoms with van der Waals surface area (Å²) in [6.07, 6.45) is 0. The molecule has 0 radical (unpaired) electrons. The highest BCUT2D eigenvalue weighted by Crippen LogP contribution is 2.05. The van der Waals surface area contributed by atoms with Crippen molar-refractivity contribution >= 4 is 28.4 Å². The van der Waals surface area contributed by atoms with Crippen LogP contribution in [0.15, 0.2) is 0 Å². The monoisotopic (exact) mass is 250 g/mol. The Morgan fingerprint density at radius 1 is 1.40 bits per heavy atom. The fourth-order valence-corrected chi connectivity index (χ4v) is 1.08. The molecule has 5 heteroatoms. The highest BCUT2D eigenvalue weighted by atomic mass is 127. The van der Waals surface area contributed by atoms with Crippen molar-refractivity contribution in [2.45, 2.75) is 6.92 Å². The Morgan fingerprint density at radius 3 is 2.60 bits per heavy atom. The van der Waals surface area contributed by atoms with Crippen molar-refractivity contribution in [2.24, 2.45) is 0 Å². The molecule has 0 aliphatic rings. The van der Waals surface area contributed by atoms with Gasteiger partial charge in [0.15, 0.2) is 5.82 Å². The minimum absolute atomic E-state index is 0.675. The smallest absolute Gasteiger partial charge is 0.212 e. The molecule has 1 aromatic heterocycles. The molecule has 0 unspecified atom stereocenters. The van der Waals surface area contributed by atoms with Crippen molar-refractivity contribution in [3.8, 4) is 0 Å². The van der Waals surface area contributed by atoms with Gasteiger partial charge >= 0.3 is 0 Å². The lowest BCUT2D eigenvalue weighted by molar-refractivity contribution is 0.907. The molecule has 0 saturated carbocycles. The molecular formula is C5H7IN4. The van der Waals surface area contributed by atoms with E-state index >= 15 is 0 Å². The summed E-state index contributed by atoms with van der Waals surface area (Å²) in [5.41, 5.74) is 0.877. The van der Waals surface area contributed by atoms with Crippen LogP contribution in [0.1, 0.15) is 5.69 Å². The van der Waals surface area contributed by atoms with Gasteiger partial charge in [-0.2, -0.15) is 0 Å². The van der Waals surface area contributed by atoms with Crippen LogP contribution in [0.3, 0.4) is 0 Å². The zero-order valence-electron chi connectivity index (χ0n) is 5.72. The van der Waals surface area contributed by atoms with E-state index in [1.807, 2.05) is 29.5 Å². The van der Waals surface area contributed by atoms with Gasteiger partial charge < -0.3 is 5.32 Å². The third kappa shape index (κ3) is 1.53. The maximum absolute atomic E-state index is 4.09. The molecule has 0 fully saturated rings. The summed E-state index contributed by atoms with van der Waals surface area (Å²) in [5, 5.41) is 10.5. The van der Waals surface area contributed by atoms with E-state index in [1.54, 1.807) is 7.05 Å². The van der Waals surface area contributed by atoms with Gasteiger partial charge in [-0.25, -0.2) is 4.98 Å². The van der Waals surface area contributed by atoms with Gasteiger partial charge in [0.1, 0.15) is 0 Å². The Labute approximate surface area is 72.6 Å². The van der Waals surface area contributed by atoms with Crippen molar-refractivity contribution in [3.05, 3.63) is 9.53 Å². The largest absolute Gasteiger partial charge is 0.370 e. The van der Waals surface area contributed by atoms with Gasteiger partial charge in [0.25, 0.3) is 0 Å². The zero-order chi connectivity index (χ0) is 7.56. The fourth-order valence-electron chi connectivity index (χ4n) is 0.608. The number of hydrogen-bond donors (Lipinski definition) is 1. The first-order valence-electron chi connectivity index (χ1n) is 2.78. The molecule has 4 nitrogen and oxygen atoms in total. The van der Waals surface area contributed by atoms with Gasteiger partial charge in [-0.15, -0.1) is 10.2 Å². The normalized spacial score (nSPS) is 9.50. The van der Waals surface area contributed by atoms with Crippen LogP contribution in [-0.4, -0.2) is 22.2 Å². The molecule has 0 spiro atoms. The Bertz CT molecular complexity index is 237. The van der Waals surface area contributed by atoms with Crippen molar-refractivity contribution < 1.29 is 0 Å². The van der Waals surface area contributed by atoms with Gasteiger partial charge in [-0.1, -0.05) is 0 Å². The van der Waals surface area contributed by atoms with E-state index in [4.69, 9.17) is 0 Å². The predicted molar refractivity (Wildman–Crippen MR) is 46.8 cm³/mol. The molecule has 0 aliphatic carbocycles. The Balaban J connectivity index is 3.07. The lowest BCUT2D eigenvalue weighted by Crippen LogP contribution is -2.01. The summed E-state index contributed by atoms with van der Waals surface area (Å²) in [5.74, 6) is 0.736. The molecule has 1 heterocycles. The maximum atomic E-state index is 4.09. The number of halogens is 1. The number of aryl methyl sites for hydroxylation is 1. The van der Waals surface area contributed by atoms with E-state index in [0.717, 1.165) is 11.5 Å². The zero-order valence-corrected chi connectivity index (χ0v) is 7.88. The van der Waals surface area contributed by atoms with Crippen LogP contribution in [0.5, 0.6) is 0 Å². The van der Waals surface area contributed by atoms with Crippen LogP contribution >= 0.6 is 22.6 Å².